The molecule has 6 nitrogen and oxygen atoms in total. The van der Waals surface area contributed by atoms with E-state index in [0.29, 0.717) is 11.5 Å². The van der Waals surface area contributed by atoms with Gasteiger partial charge in [-0.25, -0.2) is 0 Å². The van der Waals surface area contributed by atoms with Crippen LogP contribution in [0.25, 0.3) is 10.8 Å². The fourth-order valence-corrected chi connectivity index (χ4v) is 4.25. The van der Waals surface area contributed by atoms with Gasteiger partial charge in [-0.3, -0.25) is 0 Å². The van der Waals surface area contributed by atoms with Gasteiger partial charge in [-0.2, -0.15) is 0 Å². The molecule has 0 saturated carbocycles. The lowest BCUT2D eigenvalue weighted by molar-refractivity contribution is -0.149. The molecule has 1 saturated heterocycles. The van der Waals surface area contributed by atoms with Crippen LogP contribution >= 0.6 is 0 Å². The van der Waals surface area contributed by atoms with Gasteiger partial charge in [0.25, 0.3) is 0 Å². The average molecular weight is 350 g/mol. The summed E-state index contributed by atoms with van der Waals surface area (Å²) in [6, 6.07) is 14.1. The Morgan fingerprint density at radius 1 is 0.846 bits per heavy atom. The summed E-state index contributed by atoms with van der Waals surface area (Å²) in [5, 5.41) is 33.2. The van der Waals surface area contributed by atoms with Crippen LogP contribution in [0, 0.1) is 0 Å². The Hall–Kier alpha value is -2.96. The first-order valence-corrected chi connectivity index (χ1v) is 8.39. The van der Waals surface area contributed by atoms with Crippen LogP contribution in [-0.4, -0.2) is 27.5 Å². The Morgan fingerprint density at radius 2 is 1.50 bits per heavy atom. The number of hydrogen-bond donors (Lipinski definition) is 3. The zero-order chi connectivity index (χ0) is 17.6. The molecule has 130 valence electrons. The van der Waals surface area contributed by atoms with Crippen LogP contribution in [0.15, 0.2) is 48.5 Å². The minimum atomic E-state index is -1.47. The third kappa shape index (κ3) is 1.54. The molecular formula is C20H14O6. The first-order chi connectivity index (χ1) is 12.6. The second kappa shape index (κ2) is 4.41. The van der Waals surface area contributed by atoms with Gasteiger partial charge in [0.15, 0.2) is 6.10 Å². The molecule has 3 atom stereocenters. The maximum absolute atomic E-state index is 10.6. The molecule has 3 N–H and O–H groups in total. The van der Waals surface area contributed by atoms with Gasteiger partial charge in [-0.1, -0.05) is 24.3 Å². The number of benzene rings is 3. The lowest BCUT2D eigenvalue weighted by Gasteiger charge is -2.41. The molecule has 1 fully saturated rings. The summed E-state index contributed by atoms with van der Waals surface area (Å²) in [5.41, 5.74) is 0.380. The lowest BCUT2D eigenvalue weighted by atomic mass is 9.82. The molecule has 1 aliphatic carbocycles. The number of rotatable bonds is 0. The molecule has 3 unspecified atom stereocenters. The maximum Gasteiger partial charge on any atom is 0.311 e. The quantitative estimate of drug-likeness (QED) is 0.426. The summed E-state index contributed by atoms with van der Waals surface area (Å²) in [6.07, 6.45) is -2.23. The summed E-state index contributed by atoms with van der Waals surface area (Å²) >= 11 is 0. The van der Waals surface area contributed by atoms with E-state index in [0.717, 1.165) is 10.8 Å². The Labute approximate surface area is 147 Å². The van der Waals surface area contributed by atoms with Gasteiger partial charge in [0.1, 0.15) is 35.2 Å². The number of aliphatic hydroxyl groups excluding tert-OH is 1. The third-order valence-electron chi connectivity index (χ3n) is 5.41. The standard InChI is InChI=1S/C20H14O6/c21-10-7-8-11(22)16-15(10)17(23)18-19(24-18)20(16)25-12-5-1-3-9-4-2-6-13(26-20)14(9)12/h1-8,17-19,21-23H. The van der Waals surface area contributed by atoms with Gasteiger partial charge >= 0.3 is 5.79 Å². The van der Waals surface area contributed by atoms with Crippen molar-refractivity contribution in [2.24, 2.45) is 0 Å². The van der Waals surface area contributed by atoms with Crippen molar-refractivity contribution in [3.05, 3.63) is 59.7 Å². The van der Waals surface area contributed by atoms with Crippen LogP contribution in [0.2, 0.25) is 0 Å². The number of aliphatic hydroxyl groups is 1. The molecule has 0 radical (unpaired) electrons. The van der Waals surface area contributed by atoms with Gasteiger partial charge in [0, 0.05) is 5.56 Å². The van der Waals surface area contributed by atoms with Crippen LogP contribution in [0.3, 0.4) is 0 Å². The number of epoxide rings is 1. The van der Waals surface area contributed by atoms with Gasteiger partial charge in [0.05, 0.1) is 10.9 Å². The smallest absolute Gasteiger partial charge is 0.311 e. The maximum atomic E-state index is 10.6. The summed E-state index contributed by atoms with van der Waals surface area (Å²) in [4.78, 5) is 0. The number of ether oxygens (including phenoxy) is 3. The topological polar surface area (TPSA) is 91.7 Å². The van der Waals surface area contributed by atoms with E-state index in [1.165, 1.54) is 12.1 Å². The molecule has 2 aliphatic heterocycles. The summed E-state index contributed by atoms with van der Waals surface area (Å²) in [5.74, 6) is -0.530. The molecule has 3 aromatic carbocycles. The summed E-state index contributed by atoms with van der Waals surface area (Å²) in [7, 11) is 0. The minimum absolute atomic E-state index is 0.127. The van der Waals surface area contributed by atoms with Crippen molar-refractivity contribution in [2.75, 3.05) is 0 Å². The van der Waals surface area contributed by atoms with E-state index < -0.39 is 24.1 Å². The molecular weight excluding hydrogens is 336 g/mol. The summed E-state index contributed by atoms with van der Waals surface area (Å²) < 4.78 is 18.2. The van der Waals surface area contributed by atoms with Crippen molar-refractivity contribution >= 4 is 10.8 Å². The zero-order valence-electron chi connectivity index (χ0n) is 13.4. The molecule has 0 amide bonds. The van der Waals surface area contributed by atoms with Gasteiger partial charge in [-0.15, -0.1) is 0 Å². The monoisotopic (exact) mass is 350 g/mol. The molecule has 1 spiro atoms. The van der Waals surface area contributed by atoms with E-state index in [-0.39, 0.29) is 22.6 Å². The number of phenolic OH excluding ortho intramolecular Hbond substituents is 2. The molecule has 26 heavy (non-hydrogen) atoms. The number of aromatic hydroxyl groups is 2. The minimum Gasteiger partial charge on any atom is -0.508 e. The van der Waals surface area contributed by atoms with Crippen LogP contribution in [0.4, 0.5) is 0 Å². The van der Waals surface area contributed by atoms with Crippen molar-refractivity contribution in [1.29, 1.82) is 0 Å². The second-order valence-corrected chi connectivity index (χ2v) is 6.84. The summed E-state index contributed by atoms with van der Waals surface area (Å²) in [6.45, 7) is 0. The molecule has 6 rings (SSSR count). The zero-order valence-corrected chi connectivity index (χ0v) is 13.4. The average Bonchev–Trinajstić information content (AvgIpc) is 3.44. The Kier molecular flexibility index (Phi) is 2.41. The highest BCUT2D eigenvalue weighted by Gasteiger charge is 2.69. The van der Waals surface area contributed by atoms with E-state index in [2.05, 4.69) is 0 Å². The van der Waals surface area contributed by atoms with E-state index in [4.69, 9.17) is 14.2 Å². The Morgan fingerprint density at radius 3 is 2.19 bits per heavy atom. The van der Waals surface area contributed by atoms with Crippen molar-refractivity contribution in [3.63, 3.8) is 0 Å². The van der Waals surface area contributed by atoms with E-state index in [9.17, 15) is 15.3 Å². The van der Waals surface area contributed by atoms with E-state index in [1.54, 1.807) is 0 Å². The molecule has 2 heterocycles. The SMILES string of the molecule is Oc1ccc(O)c2c1C(O)C1OC1C21Oc2cccc3cccc(c23)O1. The highest BCUT2D eigenvalue weighted by Crippen LogP contribution is 2.60. The predicted octanol–water partition coefficient (Wildman–Crippen LogP) is 2.69. The Balaban J connectivity index is 1.66. The second-order valence-electron chi connectivity index (χ2n) is 6.84. The van der Waals surface area contributed by atoms with Crippen LogP contribution in [0.5, 0.6) is 23.0 Å². The van der Waals surface area contributed by atoms with Crippen LogP contribution in [-0.2, 0) is 10.5 Å². The van der Waals surface area contributed by atoms with Gasteiger partial charge < -0.3 is 29.5 Å². The van der Waals surface area contributed by atoms with Gasteiger partial charge in [-0.05, 0) is 29.7 Å². The number of phenols is 2. The predicted molar refractivity (Wildman–Crippen MR) is 90.3 cm³/mol. The molecule has 0 bridgehead atoms. The van der Waals surface area contributed by atoms with Crippen LogP contribution < -0.4 is 9.47 Å². The van der Waals surface area contributed by atoms with Crippen molar-refractivity contribution in [1.82, 2.24) is 0 Å². The highest BCUT2D eigenvalue weighted by molar-refractivity contribution is 5.94. The lowest BCUT2D eigenvalue weighted by Crippen LogP contribution is -2.50. The third-order valence-corrected chi connectivity index (χ3v) is 5.41. The highest BCUT2D eigenvalue weighted by atomic mass is 16.8. The number of fused-ring (bicyclic) bond motifs is 4. The van der Waals surface area contributed by atoms with E-state index >= 15 is 0 Å². The normalized spacial score (nSPS) is 26.6. The number of hydrogen-bond acceptors (Lipinski definition) is 6. The Bertz CT molecular complexity index is 1050. The van der Waals surface area contributed by atoms with Crippen LogP contribution in [0.1, 0.15) is 17.2 Å². The molecule has 3 aliphatic rings. The van der Waals surface area contributed by atoms with E-state index in [1.807, 2.05) is 36.4 Å². The largest absolute Gasteiger partial charge is 0.508 e. The molecule has 3 aromatic rings. The van der Waals surface area contributed by atoms with Gasteiger partial charge in [0.2, 0.25) is 0 Å². The fourth-order valence-electron chi connectivity index (χ4n) is 4.25. The van der Waals surface area contributed by atoms with Crippen molar-refractivity contribution in [2.45, 2.75) is 24.1 Å². The fraction of sp³-hybridized carbons (Fsp3) is 0.200. The van der Waals surface area contributed by atoms with Crippen molar-refractivity contribution in [3.8, 4) is 23.0 Å². The molecule has 0 aromatic heterocycles. The van der Waals surface area contributed by atoms with Crippen molar-refractivity contribution < 1.29 is 29.5 Å². The first kappa shape index (κ1) is 14.2. The molecule has 6 heteroatoms. The first-order valence-electron chi connectivity index (χ1n) is 8.39.